The molecule has 122 valence electrons. The van der Waals surface area contributed by atoms with E-state index >= 15 is 0 Å². The number of nitrogens with one attached hydrogen (secondary N) is 1. The lowest BCUT2D eigenvalue weighted by atomic mass is 10.2. The Morgan fingerprint density at radius 1 is 1.21 bits per heavy atom. The van der Waals surface area contributed by atoms with E-state index in [1.807, 2.05) is 43.3 Å². The van der Waals surface area contributed by atoms with Crippen molar-refractivity contribution in [3.05, 3.63) is 60.6 Å². The number of methoxy groups -OCH3 is 1. The van der Waals surface area contributed by atoms with Gasteiger partial charge in [-0.3, -0.25) is 9.78 Å². The van der Waals surface area contributed by atoms with E-state index in [0.717, 1.165) is 11.3 Å². The van der Waals surface area contributed by atoms with Crippen molar-refractivity contribution >= 4 is 11.6 Å². The highest BCUT2D eigenvalue weighted by Gasteiger charge is 2.12. The molecule has 0 aliphatic rings. The number of carbonyl (C=O) groups excluding carboxylic acids is 1. The van der Waals surface area contributed by atoms with E-state index in [4.69, 9.17) is 4.74 Å². The molecule has 0 bridgehead atoms. The SMILES string of the molecule is COc1ccc(C)cc1NC(=O)Cn1ccnc1-c1ccccn1. The Morgan fingerprint density at radius 2 is 2.08 bits per heavy atom. The average Bonchev–Trinajstić information content (AvgIpc) is 3.04. The van der Waals surface area contributed by atoms with Gasteiger partial charge in [-0.25, -0.2) is 4.98 Å². The first-order valence-electron chi connectivity index (χ1n) is 7.54. The molecule has 0 saturated carbocycles. The summed E-state index contributed by atoms with van der Waals surface area (Å²) in [6.07, 6.45) is 5.12. The summed E-state index contributed by atoms with van der Waals surface area (Å²) in [6, 6.07) is 11.2. The summed E-state index contributed by atoms with van der Waals surface area (Å²) in [4.78, 5) is 21.0. The van der Waals surface area contributed by atoms with Crippen molar-refractivity contribution in [1.29, 1.82) is 0 Å². The molecular weight excluding hydrogens is 304 g/mol. The lowest BCUT2D eigenvalue weighted by molar-refractivity contribution is -0.116. The van der Waals surface area contributed by atoms with Crippen LogP contribution in [0.3, 0.4) is 0 Å². The molecule has 1 amide bonds. The van der Waals surface area contributed by atoms with E-state index in [1.165, 1.54) is 0 Å². The maximum Gasteiger partial charge on any atom is 0.244 e. The minimum atomic E-state index is -0.158. The molecule has 0 radical (unpaired) electrons. The fourth-order valence-electron chi connectivity index (χ4n) is 2.43. The first-order valence-corrected chi connectivity index (χ1v) is 7.54. The molecule has 24 heavy (non-hydrogen) atoms. The predicted molar refractivity (Wildman–Crippen MR) is 91.8 cm³/mol. The molecular formula is C18H18N4O2. The van der Waals surface area contributed by atoms with Gasteiger partial charge >= 0.3 is 0 Å². The van der Waals surface area contributed by atoms with Crippen LogP contribution < -0.4 is 10.1 Å². The Balaban J connectivity index is 1.77. The van der Waals surface area contributed by atoms with Crippen molar-refractivity contribution < 1.29 is 9.53 Å². The van der Waals surface area contributed by atoms with E-state index in [1.54, 1.807) is 30.3 Å². The van der Waals surface area contributed by atoms with E-state index in [9.17, 15) is 4.79 Å². The van der Waals surface area contributed by atoms with Gasteiger partial charge in [0.05, 0.1) is 12.8 Å². The van der Waals surface area contributed by atoms with Crippen LogP contribution in [0, 0.1) is 6.92 Å². The van der Waals surface area contributed by atoms with Crippen LogP contribution in [0.1, 0.15) is 5.56 Å². The number of imidazole rings is 1. The zero-order chi connectivity index (χ0) is 16.9. The third kappa shape index (κ3) is 3.43. The normalized spacial score (nSPS) is 10.4. The molecule has 0 unspecified atom stereocenters. The number of aromatic nitrogens is 3. The lowest BCUT2D eigenvalue weighted by Crippen LogP contribution is -2.19. The summed E-state index contributed by atoms with van der Waals surface area (Å²) in [5.41, 5.74) is 2.42. The second-order valence-electron chi connectivity index (χ2n) is 5.35. The largest absolute Gasteiger partial charge is 0.495 e. The lowest BCUT2D eigenvalue weighted by Gasteiger charge is -2.12. The molecule has 3 rings (SSSR count). The molecule has 3 aromatic rings. The van der Waals surface area contributed by atoms with Gasteiger partial charge in [-0.15, -0.1) is 0 Å². The topological polar surface area (TPSA) is 69.0 Å². The summed E-state index contributed by atoms with van der Waals surface area (Å²) >= 11 is 0. The van der Waals surface area contributed by atoms with Gasteiger partial charge in [-0.05, 0) is 36.8 Å². The van der Waals surface area contributed by atoms with Gasteiger partial charge < -0.3 is 14.6 Å². The second-order valence-corrected chi connectivity index (χ2v) is 5.35. The number of ether oxygens (including phenoxy) is 1. The summed E-state index contributed by atoms with van der Waals surface area (Å²) < 4.78 is 7.05. The van der Waals surface area contributed by atoms with Crippen molar-refractivity contribution in [1.82, 2.24) is 14.5 Å². The molecule has 0 spiro atoms. The molecule has 0 aliphatic heterocycles. The summed E-state index contributed by atoms with van der Waals surface area (Å²) in [6.45, 7) is 2.10. The van der Waals surface area contributed by atoms with E-state index in [0.29, 0.717) is 17.3 Å². The minimum absolute atomic E-state index is 0.142. The van der Waals surface area contributed by atoms with Crippen LogP contribution in [0.2, 0.25) is 0 Å². The van der Waals surface area contributed by atoms with Gasteiger partial charge in [0, 0.05) is 18.6 Å². The quantitative estimate of drug-likeness (QED) is 0.784. The number of benzene rings is 1. The third-order valence-electron chi connectivity index (χ3n) is 3.55. The molecule has 2 heterocycles. The van der Waals surface area contributed by atoms with Crippen molar-refractivity contribution in [2.24, 2.45) is 0 Å². The number of aryl methyl sites for hydroxylation is 1. The Bertz CT molecular complexity index is 843. The Labute approximate surface area is 140 Å². The first-order chi connectivity index (χ1) is 11.7. The number of hydrogen-bond donors (Lipinski definition) is 1. The molecule has 0 aliphatic carbocycles. The van der Waals surface area contributed by atoms with E-state index < -0.39 is 0 Å². The van der Waals surface area contributed by atoms with Crippen molar-refractivity contribution in [3.63, 3.8) is 0 Å². The molecule has 6 nitrogen and oxygen atoms in total. The molecule has 0 atom stereocenters. The Kier molecular flexibility index (Phi) is 4.56. The number of amides is 1. The van der Waals surface area contributed by atoms with Crippen LogP contribution in [-0.2, 0) is 11.3 Å². The first kappa shape index (κ1) is 15.7. The fraction of sp³-hybridized carbons (Fsp3) is 0.167. The van der Waals surface area contributed by atoms with Crippen LogP contribution in [0.5, 0.6) is 5.75 Å². The number of hydrogen-bond acceptors (Lipinski definition) is 4. The summed E-state index contributed by atoms with van der Waals surface area (Å²) in [5.74, 6) is 1.13. The van der Waals surface area contributed by atoms with Crippen LogP contribution >= 0.6 is 0 Å². The molecule has 6 heteroatoms. The summed E-state index contributed by atoms with van der Waals surface area (Å²) in [7, 11) is 1.58. The highest BCUT2D eigenvalue weighted by Crippen LogP contribution is 2.25. The zero-order valence-corrected chi connectivity index (χ0v) is 13.6. The highest BCUT2D eigenvalue weighted by atomic mass is 16.5. The fourth-order valence-corrected chi connectivity index (χ4v) is 2.43. The van der Waals surface area contributed by atoms with Gasteiger partial charge in [-0.1, -0.05) is 12.1 Å². The van der Waals surface area contributed by atoms with Crippen LogP contribution in [0.25, 0.3) is 11.5 Å². The molecule has 1 aromatic carbocycles. The maximum absolute atomic E-state index is 12.4. The monoisotopic (exact) mass is 322 g/mol. The maximum atomic E-state index is 12.4. The molecule has 2 aromatic heterocycles. The van der Waals surface area contributed by atoms with Crippen LogP contribution in [0.4, 0.5) is 5.69 Å². The smallest absolute Gasteiger partial charge is 0.244 e. The number of carbonyl (C=O) groups is 1. The van der Waals surface area contributed by atoms with E-state index in [2.05, 4.69) is 15.3 Å². The van der Waals surface area contributed by atoms with E-state index in [-0.39, 0.29) is 12.5 Å². The zero-order valence-electron chi connectivity index (χ0n) is 13.6. The van der Waals surface area contributed by atoms with Gasteiger partial charge in [0.2, 0.25) is 5.91 Å². The van der Waals surface area contributed by atoms with Crippen molar-refractivity contribution in [3.8, 4) is 17.3 Å². The standard InChI is InChI=1S/C18H18N4O2/c1-13-6-7-16(24-2)15(11-13)21-17(23)12-22-10-9-20-18(22)14-5-3-4-8-19-14/h3-11H,12H2,1-2H3,(H,21,23). The highest BCUT2D eigenvalue weighted by molar-refractivity contribution is 5.92. The molecule has 1 N–H and O–H groups in total. The van der Waals surface area contributed by atoms with Gasteiger partial charge in [0.15, 0.2) is 5.82 Å². The molecule has 0 fully saturated rings. The summed E-state index contributed by atoms with van der Waals surface area (Å²) in [5, 5.41) is 2.89. The van der Waals surface area contributed by atoms with Crippen molar-refractivity contribution in [2.45, 2.75) is 13.5 Å². The molecule has 0 saturated heterocycles. The average molecular weight is 322 g/mol. The van der Waals surface area contributed by atoms with Crippen LogP contribution in [-0.4, -0.2) is 27.6 Å². The predicted octanol–water partition coefficient (Wildman–Crippen LogP) is 2.90. The number of rotatable bonds is 5. The number of nitrogens with zero attached hydrogens (tertiary/aromatic N) is 3. The van der Waals surface area contributed by atoms with Crippen molar-refractivity contribution in [2.75, 3.05) is 12.4 Å². The van der Waals surface area contributed by atoms with Gasteiger partial charge in [0.1, 0.15) is 18.0 Å². The minimum Gasteiger partial charge on any atom is -0.495 e. The third-order valence-corrected chi connectivity index (χ3v) is 3.55. The number of anilines is 1. The Morgan fingerprint density at radius 3 is 2.83 bits per heavy atom. The number of pyridine rings is 1. The van der Waals surface area contributed by atoms with Gasteiger partial charge in [0.25, 0.3) is 0 Å². The second kappa shape index (κ2) is 6.95. The van der Waals surface area contributed by atoms with Crippen LogP contribution in [0.15, 0.2) is 55.0 Å². The van der Waals surface area contributed by atoms with Gasteiger partial charge in [-0.2, -0.15) is 0 Å². The Hall–Kier alpha value is -3.15.